The van der Waals surface area contributed by atoms with E-state index in [1.807, 2.05) is 6.92 Å². The number of esters is 1. The van der Waals surface area contributed by atoms with Crippen molar-refractivity contribution in [2.75, 3.05) is 29.9 Å². The average molecular weight is 350 g/mol. The summed E-state index contributed by atoms with van der Waals surface area (Å²) < 4.78 is 10.3. The highest BCUT2D eigenvalue weighted by Crippen LogP contribution is 2.23. The van der Waals surface area contributed by atoms with Crippen LogP contribution in [0.25, 0.3) is 0 Å². The molecule has 25 heavy (non-hydrogen) atoms. The van der Waals surface area contributed by atoms with Crippen molar-refractivity contribution in [3.8, 4) is 0 Å². The van der Waals surface area contributed by atoms with Gasteiger partial charge in [0.2, 0.25) is 5.95 Å². The molecule has 0 unspecified atom stereocenters. The van der Waals surface area contributed by atoms with Crippen LogP contribution < -0.4 is 10.2 Å². The van der Waals surface area contributed by atoms with Crippen molar-refractivity contribution < 1.29 is 19.1 Å². The van der Waals surface area contributed by atoms with Gasteiger partial charge >= 0.3 is 12.1 Å². The van der Waals surface area contributed by atoms with E-state index in [2.05, 4.69) is 20.2 Å². The van der Waals surface area contributed by atoms with E-state index in [0.717, 1.165) is 12.8 Å². The standard InChI is InChI=1S/C17H26N4O4/c1-5-24-14(22)12-7-10-21(11-8-12)13-6-9-18-15(19-13)20-16(23)25-17(2,3)4/h6,9,12H,5,7-8,10-11H2,1-4H3,(H,18,19,20,23). The van der Waals surface area contributed by atoms with Crippen LogP contribution in [0.15, 0.2) is 12.3 Å². The summed E-state index contributed by atoms with van der Waals surface area (Å²) in [6.07, 6.45) is 2.44. The third-order valence-corrected chi connectivity index (χ3v) is 3.69. The third-order valence-electron chi connectivity index (χ3n) is 3.69. The Morgan fingerprint density at radius 3 is 2.60 bits per heavy atom. The van der Waals surface area contributed by atoms with Gasteiger partial charge in [-0.1, -0.05) is 0 Å². The van der Waals surface area contributed by atoms with Crippen molar-refractivity contribution in [1.29, 1.82) is 0 Å². The van der Waals surface area contributed by atoms with Gasteiger partial charge in [-0.15, -0.1) is 0 Å². The lowest BCUT2D eigenvalue weighted by molar-refractivity contribution is -0.148. The first-order valence-electron chi connectivity index (χ1n) is 8.53. The second-order valence-electron chi connectivity index (χ2n) is 6.88. The van der Waals surface area contributed by atoms with Crippen LogP contribution in [-0.2, 0) is 14.3 Å². The molecule has 0 aliphatic carbocycles. The van der Waals surface area contributed by atoms with E-state index in [0.29, 0.717) is 25.5 Å². The molecule has 2 rings (SSSR count). The van der Waals surface area contributed by atoms with Crippen LogP contribution in [0.3, 0.4) is 0 Å². The fourth-order valence-corrected chi connectivity index (χ4v) is 2.58. The zero-order valence-corrected chi connectivity index (χ0v) is 15.2. The van der Waals surface area contributed by atoms with E-state index in [9.17, 15) is 9.59 Å². The number of nitrogens with one attached hydrogen (secondary N) is 1. The number of ether oxygens (including phenoxy) is 2. The van der Waals surface area contributed by atoms with Crippen molar-refractivity contribution in [1.82, 2.24) is 9.97 Å². The van der Waals surface area contributed by atoms with Gasteiger partial charge in [-0.3, -0.25) is 10.1 Å². The summed E-state index contributed by atoms with van der Waals surface area (Å²) in [6, 6.07) is 1.78. The van der Waals surface area contributed by atoms with Crippen LogP contribution in [0.2, 0.25) is 0 Å². The number of amides is 1. The Morgan fingerprint density at radius 2 is 2.00 bits per heavy atom. The van der Waals surface area contributed by atoms with Gasteiger partial charge in [-0.05, 0) is 46.6 Å². The van der Waals surface area contributed by atoms with E-state index in [1.165, 1.54) is 0 Å². The number of anilines is 2. The molecule has 1 aliphatic rings. The Balaban J connectivity index is 1.93. The Labute approximate surface area is 147 Å². The van der Waals surface area contributed by atoms with Gasteiger partial charge in [0, 0.05) is 19.3 Å². The van der Waals surface area contributed by atoms with Crippen LogP contribution in [0.1, 0.15) is 40.5 Å². The van der Waals surface area contributed by atoms with Crippen LogP contribution in [0.4, 0.5) is 16.6 Å². The summed E-state index contributed by atoms with van der Waals surface area (Å²) in [7, 11) is 0. The number of aromatic nitrogens is 2. The van der Waals surface area contributed by atoms with Crippen LogP contribution >= 0.6 is 0 Å². The van der Waals surface area contributed by atoms with Gasteiger partial charge in [-0.25, -0.2) is 9.78 Å². The van der Waals surface area contributed by atoms with Gasteiger partial charge < -0.3 is 14.4 Å². The molecule has 1 aliphatic heterocycles. The lowest BCUT2D eigenvalue weighted by Gasteiger charge is -2.31. The molecule has 0 aromatic carbocycles. The number of rotatable bonds is 4. The number of hydrogen-bond acceptors (Lipinski definition) is 7. The molecule has 0 radical (unpaired) electrons. The summed E-state index contributed by atoms with van der Waals surface area (Å²) in [5.74, 6) is 0.720. The quantitative estimate of drug-likeness (QED) is 0.834. The average Bonchev–Trinajstić information content (AvgIpc) is 2.53. The van der Waals surface area contributed by atoms with E-state index in [4.69, 9.17) is 9.47 Å². The normalized spacial score (nSPS) is 15.6. The maximum Gasteiger partial charge on any atom is 0.414 e. The second-order valence-corrected chi connectivity index (χ2v) is 6.88. The smallest absolute Gasteiger partial charge is 0.414 e. The fourth-order valence-electron chi connectivity index (χ4n) is 2.58. The van der Waals surface area contributed by atoms with Gasteiger partial charge in [0.15, 0.2) is 0 Å². The zero-order valence-electron chi connectivity index (χ0n) is 15.2. The highest BCUT2D eigenvalue weighted by atomic mass is 16.6. The molecule has 0 atom stereocenters. The summed E-state index contributed by atoms with van der Waals surface area (Å²) in [5, 5.41) is 2.54. The van der Waals surface area contributed by atoms with Gasteiger partial charge in [0.25, 0.3) is 0 Å². The monoisotopic (exact) mass is 350 g/mol. The number of carbonyl (C=O) groups excluding carboxylic acids is 2. The highest BCUT2D eigenvalue weighted by molar-refractivity contribution is 5.82. The van der Waals surface area contributed by atoms with E-state index in [1.54, 1.807) is 33.0 Å². The van der Waals surface area contributed by atoms with Gasteiger partial charge in [0.1, 0.15) is 11.4 Å². The van der Waals surface area contributed by atoms with E-state index < -0.39 is 11.7 Å². The molecule has 8 heteroatoms. The largest absolute Gasteiger partial charge is 0.466 e. The molecule has 0 bridgehead atoms. The predicted octanol–water partition coefficient (Wildman–Crippen LogP) is 2.60. The minimum Gasteiger partial charge on any atom is -0.466 e. The van der Waals surface area contributed by atoms with Gasteiger partial charge in [0.05, 0.1) is 12.5 Å². The maximum absolute atomic E-state index is 11.8. The molecule has 1 amide bonds. The fraction of sp³-hybridized carbons (Fsp3) is 0.647. The molecule has 0 spiro atoms. The molecular formula is C17H26N4O4. The molecule has 1 saturated heterocycles. The van der Waals surface area contributed by atoms with Crippen molar-refractivity contribution in [2.45, 2.75) is 46.1 Å². The Kier molecular flexibility index (Phi) is 6.17. The van der Waals surface area contributed by atoms with Crippen LogP contribution in [0, 0.1) is 5.92 Å². The summed E-state index contributed by atoms with van der Waals surface area (Å²) >= 11 is 0. The molecule has 138 valence electrons. The van der Waals surface area contributed by atoms with Crippen molar-refractivity contribution in [3.05, 3.63) is 12.3 Å². The topological polar surface area (TPSA) is 93.7 Å². The lowest BCUT2D eigenvalue weighted by Crippen LogP contribution is -2.37. The Hall–Kier alpha value is -2.38. The Bertz CT molecular complexity index is 607. The summed E-state index contributed by atoms with van der Waals surface area (Å²) in [5.41, 5.74) is -0.587. The third kappa shape index (κ3) is 5.88. The van der Waals surface area contributed by atoms with E-state index >= 15 is 0 Å². The van der Waals surface area contributed by atoms with Gasteiger partial charge in [-0.2, -0.15) is 4.98 Å². The molecule has 1 fully saturated rings. The number of nitrogens with zero attached hydrogens (tertiary/aromatic N) is 3. The Morgan fingerprint density at radius 1 is 1.32 bits per heavy atom. The molecular weight excluding hydrogens is 324 g/mol. The first kappa shape index (κ1) is 19.0. The molecule has 1 aromatic heterocycles. The molecule has 0 saturated carbocycles. The predicted molar refractivity (Wildman–Crippen MR) is 93.5 cm³/mol. The molecule has 1 N–H and O–H groups in total. The SMILES string of the molecule is CCOC(=O)C1CCN(c2ccnc(NC(=O)OC(C)(C)C)n2)CC1. The van der Waals surface area contributed by atoms with Crippen LogP contribution in [-0.4, -0.2) is 47.3 Å². The number of hydrogen-bond donors (Lipinski definition) is 1. The molecule has 1 aromatic rings. The number of carbonyl (C=O) groups is 2. The molecule has 8 nitrogen and oxygen atoms in total. The second kappa shape index (κ2) is 8.13. The highest BCUT2D eigenvalue weighted by Gasteiger charge is 2.26. The number of piperidine rings is 1. The molecule has 2 heterocycles. The van der Waals surface area contributed by atoms with E-state index in [-0.39, 0.29) is 17.8 Å². The summed E-state index contributed by atoms with van der Waals surface area (Å²) in [6.45, 7) is 8.99. The van der Waals surface area contributed by atoms with Crippen LogP contribution in [0.5, 0.6) is 0 Å². The minimum absolute atomic E-state index is 0.0580. The minimum atomic E-state index is -0.592. The van der Waals surface area contributed by atoms with Crippen molar-refractivity contribution in [2.24, 2.45) is 5.92 Å². The maximum atomic E-state index is 11.8. The first-order valence-corrected chi connectivity index (χ1v) is 8.53. The van der Waals surface area contributed by atoms with Crippen molar-refractivity contribution in [3.63, 3.8) is 0 Å². The van der Waals surface area contributed by atoms with Crippen molar-refractivity contribution >= 4 is 23.8 Å². The summed E-state index contributed by atoms with van der Waals surface area (Å²) in [4.78, 5) is 34.1. The first-order chi connectivity index (χ1) is 11.8. The lowest BCUT2D eigenvalue weighted by atomic mass is 9.97. The zero-order chi connectivity index (χ0) is 18.4.